The van der Waals surface area contributed by atoms with Crippen molar-refractivity contribution < 1.29 is 49.2 Å². The fourth-order valence-corrected chi connectivity index (χ4v) is 0.851. The Hall–Kier alpha value is -1.07. The van der Waals surface area contributed by atoms with E-state index in [0.29, 0.717) is 0 Å². The minimum Gasteiger partial charge on any atom is -0.466 e. The van der Waals surface area contributed by atoms with E-state index in [4.69, 9.17) is 0 Å². The van der Waals surface area contributed by atoms with Gasteiger partial charge in [-0.3, -0.25) is 8.63 Å². The lowest BCUT2D eigenvalue weighted by atomic mass is 10.0. The molecule has 0 aliphatic heterocycles. The number of halogens is 8. The zero-order chi connectivity index (χ0) is 14.1. The number of hydrogen-bond acceptors (Lipinski definition) is 3. The first kappa shape index (κ1) is 15.9. The van der Waals surface area contributed by atoms with Gasteiger partial charge in [0.2, 0.25) is 0 Å². The van der Waals surface area contributed by atoms with E-state index in [1.165, 1.54) is 0 Å². The molecule has 0 spiro atoms. The number of alkyl halides is 6. The zero-order valence-electron chi connectivity index (χ0n) is 7.83. The predicted molar refractivity (Wildman–Crippen MR) is 35.9 cm³/mol. The third-order valence-electron chi connectivity index (χ3n) is 1.54. The van der Waals surface area contributed by atoms with Gasteiger partial charge in [-0.15, -0.1) is 0 Å². The first-order chi connectivity index (χ1) is 7.40. The Balaban J connectivity index is 5.82. The van der Waals surface area contributed by atoms with Crippen molar-refractivity contribution in [2.24, 2.45) is 0 Å². The Morgan fingerprint density at radius 1 is 1.00 bits per heavy atom. The fraction of sp³-hybridized carbons (Fsp3) is 0.800. The average Bonchev–Trinajstić information content (AvgIpc) is 2.08. The van der Waals surface area contributed by atoms with Gasteiger partial charge in [0.25, 0.3) is 0 Å². The highest BCUT2D eigenvalue weighted by molar-refractivity contribution is 6.35. The molecule has 0 amide bonds. The van der Waals surface area contributed by atoms with Crippen molar-refractivity contribution in [2.45, 2.75) is 18.0 Å². The van der Waals surface area contributed by atoms with Crippen molar-refractivity contribution in [3.05, 3.63) is 0 Å². The van der Waals surface area contributed by atoms with E-state index in [1.807, 2.05) is 0 Å². The summed E-state index contributed by atoms with van der Waals surface area (Å²) >= 11 is 0. The second-order valence-electron chi connectivity index (χ2n) is 2.55. The summed E-state index contributed by atoms with van der Waals surface area (Å²) in [5, 5.41) is 0. The van der Waals surface area contributed by atoms with Gasteiger partial charge in [0, 0.05) is 0 Å². The molecule has 12 heteroatoms. The molecule has 0 saturated carbocycles. The number of ether oxygens (including phenoxy) is 1. The summed E-state index contributed by atoms with van der Waals surface area (Å²) in [6, 6.07) is 0. The van der Waals surface area contributed by atoms with Gasteiger partial charge in [0.1, 0.15) is 0 Å². The molecule has 0 saturated heterocycles. The average molecular weight is 274 g/mol. The van der Waals surface area contributed by atoms with Crippen LogP contribution in [0.25, 0.3) is 0 Å². The van der Waals surface area contributed by atoms with Crippen LogP contribution in [-0.2, 0) is 14.2 Å². The molecule has 0 fully saturated rings. The third-order valence-corrected chi connectivity index (χ3v) is 1.54. The largest absolute Gasteiger partial charge is 0.722 e. The normalized spacial score (nSPS) is 13.5. The van der Waals surface area contributed by atoms with Gasteiger partial charge < -0.3 is 9.39 Å². The number of rotatable bonds is 3. The molecule has 0 aromatic heterocycles. The number of carbonyl (C=O) groups is 1. The van der Waals surface area contributed by atoms with Crippen LogP contribution in [0.2, 0.25) is 0 Å². The molecule has 0 bridgehead atoms. The van der Waals surface area contributed by atoms with E-state index in [1.54, 1.807) is 0 Å². The van der Waals surface area contributed by atoms with Crippen LogP contribution in [-0.4, -0.2) is 38.5 Å². The van der Waals surface area contributed by atoms with Gasteiger partial charge in [0.15, 0.2) is 0 Å². The van der Waals surface area contributed by atoms with Crippen LogP contribution >= 0.6 is 0 Å². The van der Waals surface area contributed by atoms with Crippen molar-refractivity contribution in [3.8, 4) is 0 Å². The Bertz CT molecular complexity index is 270. The molecule has 0 unspecified atom stereocenters. The summed E-state index contributed by atoms with van der Waals surface area (Å²) in [5.74, 6) is -3.03. The Morgan fingerprint density at radius 2 is 1.35 bits per heavy atom. The van der Waals surface area contributed by atoms with Crippen LogP contribution in [0.15, 0.2) is 0 Å². The van der Waals surface area contributed by atoms with Crippen LogP contribution in [0.1, 0.15) is 0 Å². The summed E-state index contributed by atoms with van der Waals surface area (Å²) < 4.78 is 102. The molecule has 0 radical (unpaired) electrons. The van der Waals surface area contributed by atoms with Crippen molar-refractivity contribution in [1.82, 2.24) is 0 Å². The van der Waals surface area contributed by atoms with Crippen molar-refractivity contribution in [1.29, 1.82) is 0 Å². The smallest absolute Gasteiger partial charge is 0.466 e. The molecule has 100 valence electrons. The molecule has 3 nitrogen and oxygen atoms in total. The maximum Gasteiger partial charge on any atom is 0.722 e. The van der Waals surface area contributed by atoms with Gasteiger partial charge in [-0.25, -0.2) is 4.79 Å². The lowest BCUT2D eigenvalue weighted by Gasteiger charge is -2.33. The SMILES string of the molecule is COC(=O)C(OB(F)F)(C(F)(F)F)C(F)(F)F. The van der Waals surface area contributed by atoms with Gasteiger partial charge in [-0.2, -0.15) is 26.3 Å². The summed E-state index contributed by atoms with van der Waals surface area (Å²) in [4.78, 5) is 10.5. The second kappa shape index (κ2) is 4.66. The maximum absolute atomic E-state index is 12.2. The highest BCUT2D eigenvalue weighted by atomic mass is 19.4. The topological polar surface area (TPSA) is 35.5 Å². The minimum atomic E-state index is -6.45. The molecule has 0 aliphatic rings. The molecule has 0 N–H and O–H groups in total. The Morgan fingerprint density at radius 3 is 1.53 bits per heavy atom. The standard InChI is InChI=1S/C5H3BF8O3/c1-16-2(15)3(4(7,8)9,5(10,11)12)17-6(13)14/h1H3. The highest BCUT2D eigenvalue weighted by Gasteiger charge is 2.79. The zero-order valence-corrected chi connectivity index (χ0v) is 7.83. The third kappa shape index (κ3) is 2.79. The molecule has 0 heterocycles. The fourth-order valence-electron chi connectivity index (χ4n) is 0.851. The number of esters is 1. The molecule has 0 aliphatic carbocycles. The van der Waals surface area contributed by atoms with Crippen LogP contribution < -0.4 is 0 Å². The van der Waals surface area contributed by atoms with Crippen molar-refractivity contribution in [3.63, 3.8) is 0 Å². The van der Waals surface area contributed by atoms with E-state index >= 15 is 0 Å². The van der Waals surface area contributed by atoms with Gasteiger partial charge in [-0.1, -0.05) is 0 Å². The molecule has 0 rings (SSSR count). The quantitative estimate of drug-likeness (QED) is 0.448. The van der Waals surface area contributed by atoms with E-state index in [9.17, 15) is 39.8 Å². The molecule has 0 aromatic carbocycles. The molecular weight excluding hydrogens is 271 g/mol. The monoisotopic (exact) mass is 274 g/mol. The van der Waals surface area contributed by atoms with Crippen LogP contribution in [0.4, 0.5) is 35.0 Å². The van der Waals surface area contributed by atoms with Gasteiger partial charge >= 0.3 is 31.4 Å². The molecule has 17 heavy (non-hydrogen) atoms. The first-order valence-electron chi connectivity index (χ1n) is 3.58. The van der Waals surface area contributed by atoms with E-state index in [-0.39, 0.29) is 7.11 Å². The number of carbonyl (C=O) groups excluding carboxylic acids is 1. The van der Waals surface area contributed by atoms with Crippen molar-refractivity contribution >= 4 is 13.4 Å². The minimum absolute atomic E-state index is 0.170. The van der Waals surface area contributed by atoms with E-state index in [2.05, 4.69) is 9.39 Å². The molecule has 0 atom stereocenters. The highest BCUT2D eigenvalue weighted by Crippen LogP contribution is 2.47. The van der Waals surface area contributed by atoms with Crippen LogP contribution in [0.3, 0.4) is 0 Å². The predicted octanol–water partition coefficient (Wildman–Crippen LogP) is 1.96. The number of hydrogen-bond donors (Lipinski definition) is 0. The first-order valence-corrected chi connectivity index (χ1v) is 3.58. The number of methoxy groups -OCH3 is 1. The second-order valence-corrected chi connectivity index (χ2v) is 2.55. The van der Waals surface area contributed by atoms with Gasteiger partial charge in [-0.05, 0) is 0 Å². The lowest BCUT2D eigenvalue weighted by Crippen LogP contribution is -2.65. The van der Waals surface area contributed by atoms with Crippen LogP contribution in [0, 0.1) is 0 Å². The van der Waals surface area contributed by atoms with E-state index in [0.717, 1.165) is 0 Å². The summed E-state index contributed by atoms with van der Waals surface area (Å²) in [6.07, 6.45) is -12.9. The maximum atomic E-state index is 12.2. The van der Waals surface area contributed by atoms with E-state index < -0.39 is 31.4 Å². The Labute approximate surface area is 88.9 Å². The summed E-state index contributed by atoms with van der Waals surface area (Å²) in [7, 11) is -4.30. The summed E-state index contributed by atoms with van der Waals surface area (Å²) in [5.41, 5.74) is -5.71. The lowest BCUT2D eigenvalue weighted by molar-refractivity contribution is -0.351. The molecule has 0 aromatic rings. The Kier molecular flexibility index (Phi) is 4.37. The molecular formula is C5H3BF8O3. The van der Waals surface area contributed by atoms with Gasteiger partial charge in [0.05, 0.1) is 7.11 Å². The summed E-state index contributed by atoms with van der Waals surface area (Å²) in [6.45, 7) is 0. The van der Waals surface area contributed by atoms with Crippen LogP contribution in [0.5, 0.6) is 0 Å². The van der Waals surface area contributed by atoms with Crippen molar-refractivity contribution in [2.75, 3.05) is 7.11 Å².